The fourth-order valence-corrected chi connectivity index (χ4v) is 1.29. The highest BCUT2D eigenvalue weighted by Gasteiger charge is 2.28. The predicted octanol–water partition coefficient (Wildman–Crippen LogP) is 2.65. The molecule has 0 aromatic carbocycles. The highest BCUT2D eigenvalue weighted by Crippen LogP contribution is 2.29. The Morgan fingerprint density at radius 3 is 2.83 bits per heavy atom. The molecular formula is C11H14O. The van der Waals surface area contributed by atoms with Crippen LogP contribution in [0.4, 0.5) is 0 Å². The molecule has 1 aliphatic rings. The molecule has 0 saturated heterocycles. The molecule has 0 aromatic heterocycles. The lowest BCUT2D eigenvalue weighted by molar-refractivity contribution is -0.120. The molecule has 12 heavy (non-hydrogen) atoms. The van der Waals surface area contributed by atoms with Crippen LogP contribution in [0, 0.1) is 5.41 Å². The standard InChI is InChI=1S/C11H14O/c1-4-6-11(3)7-5-9(2)8-10(11)12/h4-5,7-8H,1,6H2,2-3H3. The second kappa shape index (κ2) is 3.10. The number of hydrogen-bond acceptors (Lipinski definition) is 1. The normalized spacial score (nSPS) is 28.5. The van der Waals surface area contributed by atoms with Crippen molar-refractivity contribution in [1.82, 2.24) is 0 Å². The summed E-state index contributed by atoms with van der Waals surface area (Å²) in [7, 11) is 0. The topological polar surface area (TPSA) is 17.1 Å². The third-order valence-electron chi connectivity index (χ3n) is 2.20. The molecule has 0 aliphatic heterocycles. The highest BCUT2D eigenvalue weighted by atomic mass is 16.1. The van der Waals surface area contributed by atoms with Gasteiger partial charge < -0.3 is 0 Å². The fraction of sp³-hybridized carbons (Fsp3) is 0.364. The Labute approximate surface area is 73.5 Å². The number of carbonyl (C=O) groups excluding carboxylic acids is 1. The molecule has 1 rings (SSSR count). The Morgan fingerprint density at radius 2 is 2.33 bits per heavy atom. The molecule has 0 saturated carbocycles. The number of carbonyl (C=O) groups is 1. The molecule has 0 N–H and O–H groups in total. The zero-order valence-corrected chi connectivity index (χ0v) is 7.63. The molecule has 1 atom stereocenters. The quantitative estimate of drug-likeness (QED) is 0.570. The molecule has 0 bridgehead atoms. The summed E-state index contributed by atoms with van der Waals surface area (Å²) in [5.74, 6) is 0.183. The average molecular weight is 162 g/mol. The second-order valence-corrected chi connectivity index (χ2v) is 3.50. The van der Waals surface area contributed by atoms with Crippen LogP contribution in [0.1, 0.15) is 20.3 Å². The monoisotopic (exact) mass is 162 g/mol. The van der Waals surface area contributed by atoms with Crippen molar-refractivity contribution in [3.63, 3.8) is 0 Å². The van der Waals surface area contributed by atoms with Gasteiger partial charge in [0.05, 0.1) is 5.41 Å². The van der Waals surface area contributed by atoms with Gasteiger partial charge in [0.2, 0.25) is 0 Å². The van der Waals surface area contributed by atoms with Crippen LogP contribution in [0.15, 0.2) is 36.5 Å². The van der Waals surface area contributed by atoms with E-state index in [1.807, 2.05) is 26.0 Å². The summed E-state index contributed by atoms with van der Waals surface area (Å²) >= 11 is 0. The van der Waals surface area contributed by atoms with Crippen LogP contribution in [-0.4, -0.2) is 5.78 Å². The Morgan fingerprint density at radius 1 is 1.67 bits per heavy atom. The molecule has 1 heteroatoms. The van der Waals surface area contributed by atoms with Crippen LogP contribution in [0.25, 0.3) is 0 Å². The fourth-order valence-electron chi connectivity index (χ4n) is 1.29. The van der Waals surface area contributed by atoms with Gasteiger partial charge in [0.1, 0.15) is 0 Å². The van der Waals surface area contributed by atoms with Gasteiger partial charge >= 0.3 is 0 Å². The summed E-state index contributed by atoms with van der Waals surface area (Å²) in [5, 5.41) is 0. The zero-order chi connectivity index (χ0) is 9.19. The van der Waals surface area contributed by atoms with Crippen LogP contribution in [0.2, 0.25) is 0 Å². The van der Waals surface area contributed by atoms with Crippen molar-refractivity contribution in [2.45, 2.75) is 20.3 Å². The molecule has 0 fully saturated rings. The van der Waals surface area contributed by atoms with Crippen molar-refractivity contribution >= 4 is 5.78 Å². The first-order valence-electron chi connectivity index (χ1n) is 4.11. The molecular weight excluding hydrogens is 148 g/mol. The smallest absolute Gasteiger partial charge is 0.165 e. The van der Waals surface area contributed by atoms with E-state index >= 15 is 0 Å². The average Bonchev–Trinajstić information content (AvgIpc) is 1.99. The summed E-state index contributed by atoms with van der Waals surface area (Å²) in [5.41, 5.74) is 0.683. The van der Waals surface area contributed by atoms with Gasteiger partial charge in [-0.2, -0.15) is 0 Å². The second-order valence-electron chi connectivity index (χ2n) is 3.50. The molecule has 0 spiro atoms. The van der Waals surface area contributed by atoms with Gasteiger partial charge in [0, 0.05) is 0 Å². The summed E-state index contributed by atoms with van der Waals surface area (Å²) in [6.07, 6.45) is 8.16. The maximum atomic E-state index is 11.5. The van der Waals surface area contributed by atoms with E-state index in [0.29, 0.717) is 6.42 Å². The summed E-state index contributed by atoms with van der Waals surface area (Å²) < 4.78 is 0. The Balaban J connectivity index is 2.90. The molecule has 1 nitrogen and oxygen atoms in total. The van der Waals surface area contributed by atoms with Crippen LogP contribution in [0.5, 0.6) is 0 Å². The number of ketones is 1. The minimum absolute atomic E-state index is 0.183. The van der Waals surface area contributed by atoms with E-state index in [0.717, 1.165) is 5.57 Å². The van der Waals surface area contributed by atoms with Crippen molar-refractivity contribution in [2.24, 2.45) is 5.41 Å². The molecule has 0 heterocycles. The van der Waals surface area contributed by atoms with E-state index in [2.05, 4.69) is 6.58 Å². The van der Waals surface area contributed by atoms with Crippen LogP contribution < -0.4 is 0 Å². The Kier molecular flexibility index (Phi) is 2.32. The predicted molar refractivity (Wildman–Crippen MR) is 50.8 cm³/mol. The third kappa shape index (κ3) is 1.55. The van der Waals surface area contributed by atoms with Crippen molar-refractivity contribution in [3.05, 3.63) is 36.5 Å². The summed E-state index contributed by atoms with van der Waals surface area (Å²) in [4.78, 5) is 11.5. The molecule has 0 aromatic rings. The molecule has 1 unspecified atom stereocenters. The first-order chi connectivity index (χ1) is 5.58. The van der Waals surface area contributed by atoms with Gasteiger partial charge in [-0.25, -0.2) is 0 Å². The first-order valence-corrected chi connectivity index (χ1v) is 4.11. The third-order valence-corrected chi connectivity index (χ3v) is 2.20. The van der Waals surface area contributed by atoms with Gasteiger partial charge in [-0.1, -0.05) is 18.2 Å². The largest absolute Gasteiger partial charge is 0.294 e. The first kappa shape index (κ1) is 8.98. The number of allylic oxidation sites excluding steroid dienone is 5. The van der Waals surface area contributed by atoms with E-state index in [-0.39, 0.29) is 11.2 Å². The van der Waals surface area contributed by atoms with Gasteiger partial charge in [-0.05, 0) is 31.9 Å². The van der Waals surface area contributed by atoms with Crippen molar-refractivity contribution < 1.29 is 4.79 Å². The lowest BCUT2D eigenvalue weighted by atomic mass is 9.78. The van der Waals surface area contributed by atoms with E-state index in [1.165, 1.54) is 0 Å². The zero-order valence-electron chi connectivity index (χ0n) is 7.63. The van der Waals surface area contributed by atoms with Gasteiger partial charge in [-0.3, -0.25) is 4.79 Å². The minimum atomic E-state index is -0.346. The van der Waals surface area contributed by atoms with Crippen molar-refractivity contribution in [2.75, 3.05) is 0 Å². The van der Waals surface area contributed by atoms with E-state index in [1.54, 1.807) is 12.2 Å². The van der Waals surface area contributed by atoms with Gasteiger partial charge in [-0.15, -0.1) is 6.58 Å². The minimum Gasteiger partial charge on any atom is -0.294 e. The van der Waals surface area contributed by atoms with E-state index in [9.17, 15) is 4.79 Å². The van der Waals surface area contributed by atoms with Gasteiger partial charge in [0.15, 0.2) is 5.78 Å². The Hall–Kier alpha value is -1.11. The summed E-state index contributed by atoms with van der Waals surface area (Å²) in [6, 6.07) is 0. The Bertz CT molecular complexity index is 271. The lowest BCUT2D eigenvalue weighted by Crippen LogP contribution is -2.25. The SMILES string of the molecule is C=CCC1(C)C=CC(C)=CC1=O. The molecule has 0 radical (unpaired) electrons. The molecule has 1 aliphatic carbocycles. The lowest BCUT2D eigenvalue weighted by Gasteiger charge is -2.24. The highest BCUT2D eigenvalue weighted by molar-refractivity contribution is 5.98. The van der Waals surface area contributed by atoms with Crippen molar-refractivity contribution in [1.29, 1.82) is 0 Å². The van der Waals surface area contributed by atoms with Crippen molar-refractivity contribution in [3.8, 4) is 0 Å². The van der Waals surface area contributed by atoms with Crippen LogP contribution in [0.3, 0.4) is 0 Å². The van der Waals surface area contributed by atoms with Crippen LogP contribution >= 0.6 is 0 Å². The molecule has 0 amide bonds. The van der Waals surface area contributed by atoms with E-state index < -0.39 is 0 Å². The van der Waals surface area contributed by atoms with Gasteiger partial charge in [0.25, 0.3) is 0 Å². The van der Waals surface area contributed by atoms with E-state index in [4.69, 9.17) is 0 Å². The summed E-state index contributed by atoms with van der Waals surface area (Å²) in [6.45, 7) is 7.52. The molecule has 64 valence electrons. The number of hydrogen-bond donors (Lipinski definition) is 0. The number of rotatable bonds is 2. The maximum absolute atomic E-state index is 11.5. The van der Waals surface area contributed by atoms with Crippen LogP contribution in [-0.2, 0) is 4.79 Å². The maximum Gasteiger partial charge on any atom is 0.165 e.